The Bertz CT molecular complexity index is 1250. The zero-order valence-electron chi connectivity index (χ0n) is 15.8. The van der Waals surface area contributed by atoms with Gasteiger partial charge in [-0.15, -0.1) is 0 Å². The van der Waals surface area contributed by atoms with Gasteiger partial charge in [-0.25, -0.2) is 13.2 Å². The fourth-order valence-corrected chi connectivity index (χ4v) is 4.95. The van der Waals surface area contributed by atoms with Gasteiger partial charge < -0.3 is 4.74 Å². The maximum Gasteiger partial charge on any atom is 0.342 e. The number of sulfonamides is 1. The van der Waals surface area contributed by atoms with Gasteiger partial charge in [0.2, 0.25) is 0 Å². The number of rotatable bonds is 4. The predicted molar refractivity (Wildman–Crippen MR) is 110 cm³/mol. The van der Waals surface area contributed by atoms with Gasteiger partial charge in [-0.3, -0.25) is 9.69 Å². The molecule has 1 heterocycles. The summed E-state index contributed by atoms with van der Waals surface area (Å²) in [7, 11) is -2.64. The molecule has 0 radical (unpaired) electrons. The number of carbonyl (C=O) groups is 2. The number of Topliss-reactive ketones (excluding diaryl/α,β-unsaturated/α-hetero) is 1. The van der Waals surface area contributed by atoms with Gasteiger partial charge in [0.15, 0.2) is 5.78 Å². The highest BCUT2D eigenvalue weighted by Gasteiger charge is 2.41. The van der Waals surface area contributed by atoms with E-state index in [0.717, 1.165) is 9.69 Å². The second-order valence-corrected chi connectivity index (χ2v) is 8.48. The van der Waals surface area contributed by atoms with Gasteiger partial charge in [-0.1, -0.05) is 36.4 Å². The van der Waals surface area contributed by atoms with E-state index in [2.05, 4.69) is 0 Å². The Labute approximate surface area is 168 Å². The lowest BCUT2D eigenvalue weighted by atomic mass is 10.1. The van der Waals surface area contributed by atoms with E-state index in [9.17, 15) is 18.0 Å². The molecule has 0 saturated heterocycles. The maximum absolute atomic E-state index is 13.4. The van der Waals surface area contributed by atoms with Crippen molar-refractivity contribution in [2.24, 2.45) is 0 Å². The van der Waals surface area contributed by atoms with Crippen molar-refractivity contribution in [2.75, 3.05) is 22.9 Å². The number of anilines is 2. The second-order valence-electron chi connectivity index (χ2n) is 6.73. The first-order chi connectivity index (χ1) is 13.8. The van der Waals surface area contributed by atoms with Gasteiger partial charge in [-0.05, 0) is 30.5 Å². The topological polar surface area (TPSA) is 84.0 Å². The Morgan fingerprint density at radius 2 is 1.72 bits per heavy atom. The van der Waals surface area contributed by atoms with Crippen LogP contribution in [-0.4, -0.2) is 33.9 Å². The van der Waals surface area contributed by atoms with Crippen LogP contribution in [-0.2, 0) is 14.8 Å². The average molecular weight is 410 g/mol. The minimum Gasteiger partial charge on any atom is -0.486 e. The molecule has 0 spiro atoms. The van der Waals surface area contributed by atoms with Gasteiger partial charge in [0.25, 0.3) is 10.0 Å². The summed E-state index contributed by atoms with van der Waals surface area (Å²) in [5.41, 5.74) is 0.495. The molecule has 1 aliphatic rings. The van der Waals surface area contributed by atoms with Crippen LogP contribution in [0.1, 0.15) is 6.92 Å². The summed E-state index contributed by atoms with van der Waals surface area (Å²) in [5, 5.41) is 1.49. The van der Waals surface area contributed by atoms with Crippen LogP contribution in [0.4, 0.5) is 16.2 Å². The van der Waals surface area contributed by atoms with Crippen LogP contribution in [0.15, 0.2) is 65.6 Å². The zero-order chi connectivity index (χ0) is 20.8. The number of nitrogens with zero attached hydrogens (tertiary/aromatic N) is 2. The minimum atomic E-state index is -4.14. The lowest BCUT2D eigenvalue weighted by Gasteiger charge is -2.34. The zero-order valence-corrected chi connectivity index (χ0v) is 16.6. The largest absolute Gasteiger partial charge is 0.486 e. The third-order valence-corrected chi connectivity index (χ3v) is 6.43. The first-order valence-corrected chi connectivity index (χ1v) is 10.3. The summed E-state index contributed by atoms with van der Waals surface area (Å²) in [6, 6.07) is 16.1. The van der Waals surface area contributed by atoms with Crippen molar-refractivity contribution in [3.05, 3.63) is 60.7 Å². The molecule has 0 aromatic heterocycles. The summed E-state index contributed by atoms with van der Waals surface area (Å²) in [6.07, 6.45) is 0. The molecular weight excluding hydrogens is 392 g/mol. The van der Waals surface area contributed by atoms with Gasteiger partial charge >= 0.3 is 6.03 Å². The van der Waals surface area contributed by atoms with Crippen molar-refractivity contribution in [3.63, 3.8) is 0 Å². The normalized spacial score (nSPS) is 15.3. The number of fused-ring (bicyclic) bond motifs is 2. The van der Waals surface area contributed by atoms with Gasteiger partial charge in [-0.2, -0.15) is 4.31 Å². The average Bonchev–Trinajstić information content (AvgIpc) is 2.70. The quantitative estimate of drug-likeness (QED) is 0.657. The highest BCUT2D eigenvalue weighted by atomic mass is 32.2. The van der Waals surface area contributed by atoms with E-state index in [1.54, 1.807) is 24.3 Å². The van der Waals surface area contributed by atoms with Gasteiger partial charge in [0, 0.05) is 18.5 Å². The maximum atomic E-state index is 13.4. The summed E-state index contributed by atoms with van der Waals surface area (Å²) >= 11 is 0. The van der Waals surface area contributed by atoms with Crippen LogP contribution in [0, 0.1) is 0 Å². The van der Waals surface area contributed by atoms with Crippen LogP contribution in [0.3, 0.4) is 0 Å². The van der Waals surface area contributed by atoms with Crippen molar-refractivity contribution in [1.29, 1.82) is 0 Å². The molecule has 1 aliphatic heterocycles. The van der Waals surface area contributed by atoms with E-state index >= 15 is 0 Å². The number of urea groups is 1. The Morgan fingerprint density at radius 3 is 2.48 bits per heavy atom. The number of hydrogen-bond donors (Lipinski definition) is 0. The Morgan fingerprint density at radius 1 is 1.00 bits per heavy atom. The van der Waals surface area contributed by atoms with Crippen LogP contribution in [0.25, 0.3) is 10.8 Å². The van der Waals surface area contributed by atoms with Gasteiger partial charge in [0.05, 0.1) is 11.4 Å². The molecule has 7 nitrogen and oxygen atoms in total. The Balaban J connectivity index is 1.86. The second kappa shape index (κ2) is 6.89. The monoisotopic (exact) mass is 410 g/mol. The molecule has 2 amide bonds. The fourth-order valence-electron chi connectivity index (χ4n) is 3.31. The SMILES string of the molecule is CC(=O)COc1ccc2c(c1)N(C)C(=O)N(c1cccc3ccccc13)S2(=O)=O. The molecule has 4 rings (SSSR count). The molecule has 148 valence electrons. The standard InChI is InChI=1S/C21H18N2O5S/c1-14(24)13-28-16-10-11-20-19(12-16)22(2)21(25)23(29(20,26)27)18-9-5-7-15-6-3-4-8-17(15)18/h3-12H,13H2,1-2H3. The summed E-state index contributed by atoms with van der Waals surface area (Å²) in [6.45, 7) is 1.26. The summed E-state index contributed by atoms with van der Waals surface area (Å²) in [5.74, 6) is 0.148. The number of benzene rings is 3. The molecule has 3 aromatic carbocycles. The molecule has 0 atom stereocenters. The number of ketones is 1. The van der Waals surface area contributed by atoms with Crippen molar-refractivity contribution in [1.82, 2.24) is 0 Å². The molecule has 8 heteroatoms. The molecule has 3 aromatic rings. The molecule has 0 N–H and O–H groups in total. The molecule has 0 saturated carbocycles. The Hall–Kier alpha value is -3.39. The summed E-state index contributed by atoms with van der Waals surface area (Å²) in [4.78, 5) is 25.5. The third kappa shape index (κ3) is 3.11. The van der Waals surface area contributed by atoms with Crippen LogP contribution >= 0.6 is 0 Å². The van der Waals surface area contributed by atoms with E-state index in [0.29, 0.717) is 16.8 Å². The van der Waals surface area contributed by atoms with E-state index in [-0.39, 0.29) is 23.0 Å². The molecule has 0 fully saturated rings. The highest BCUT2D eigenvalue weighted by molar-refractivity contribution is 7.94. The number of hydrogen-bond acceptors (Lipinski definition) is 5. The molecular formula is C21H18N2O5S. The summed E-state index contributed by atoms with van der Waals surface area (Å²) < 4.78 is 32.9. The molecule has 0 bridgehead atoms. The fraction of sp³-hybridized carbons (Fsp3) is 0.143. The van der Waals surface area contributed by atoms with Crippen LogP contribution < -0.4 is 13.9 Å². The van der Waals surface area contributed by atoms with Gasteiger partial charge in [0.1, 0.15) is 17.3 Å². The van der Waals surface area contributed by atoms with E-state index in [1.807, 2.05) is 18.2 Å². The number of ether oxygens (including phenoxy) is 1. The molecule has 0 unspecified atom stereocenters. The third-order valence-electron chi connectivity index (χ3n) is 4.70. The van der Waals surface area contributed by atoms with Crippen LogP contribution in [0.5, 0.6) is 5.75 Å². The molecule has 29 heavy (non-hydrogen) atoms. The highest BCUT2D eigenvalue weighted by Crippen LogP contribution is 2.40. The van der Waals surface area contributed by atoms with E-state index in [1.165, 1.54) is 37.1 Å². The van der Waals surface area contributed by atoms with Crippen molar-refractivity contribution in [3.8, 4) is 5.75 Å². The van der Waals surface area contributed by atoms with E-state index in [4.69, 9.17) is 4.74 Å². The smallest absolute Gasteiger partial charge is 0.342 e. The predicted octanol–water partition coefficient (Wildman–Crippen LogP) is 3.57. The van der Waals surface area contributed by atoms with E-state index < -0.39 is 16.1 Å². The minimum absolute atomic E-state index is 0.0114. The van der Waals surface area contributed by atoms with Crippen molar-refractivity contribution < 1.29 is 22.7 Å². The lowest BCUT2D eigenvalue weighted by molar-refractivity contribution is -0.118. The Kier molecular flexibility index (Phi) is 4.50. The first kappa shape index (κ1) is 18.9. The van der Waals surface area contributed by atoms with Crippen molar-refractivity contribution in [2.45, 2.75) is 11.8 Å². The first-order valence-electron chi connectivity index (χ1n) is 8.88. The molecule has 0 aliphatic carbocycles. The van der Waals surface area contributed by atoms with Crippen molar-refractivity contribution >= 4 is 44.0 Å². The van der Waals surface area contributed by atoms with Crippen LogP contribution in [0.2, 0.25) is 0 Å². The number of carbonyl (C=O) groups excluding carboxylic acids is 2. The number of amides is 2. The lowest BCUT2D eigenvalue weighted by Crippen LogP contribution is -2.49.